The summed E-state index contributed by atoms with van der Waals surface area (Å²) in [6.07, 6.45) is 3.72. The van der Waals surface area contributed by atoms with Gasteiger partial charge in [-0.05, 0) is 50.9 Å². The topological polar surface area (TPSA) is 101 Å². The molecule has 2 saturated carbocycles. The van der Waals surface area contributed by atoms with Crippen molar-refractivity contribution in [1.29, 1.82) is 0 Å². The van der Waals surface area contributed by atoms with Crippen LogP contribution < -0.4 is 0 Å². The Morgan fingerprint density at radius 2 is 1.75 bits per heavy atom. The number of hydrogen-bond acceptors (Lipinski definition) is 8. The highest BCUT2D eigenvalue weighted by Crippen LogP contribution is 2.77. The fraction of sp³-hybridized carbons (Fsp3) is 0.821. The molecule has 4 saturated heterocycles. The monoisotopic (exact) mass is 500 g/mol. The van der Waals surface area contributed by atoms with Crippen LogP contribution in [0.3, 0.4) is 0 Å². The van der Waals surface area contributed by atoms with E-state index in [4.69, 9.17) is 23.7 Å². The van der Waals surface area contributed by atoms with Gasteiger partial charge in [0.05, 0.1) is 11.5 Å². The molecule has 3 aliphatic carbocycles. The predicted octanol–water partition coefficient (Wildman–Crippen LogP) is 3.17. The second-order valence-electron chi connectivity index (χ2n) is 12.8. The summed E-state index contributed by atoms with van der Waals surface area (Å²) in [7, 11) is 0. The fourth-order valence-electron chi connectivity index (χ4n) is 9.89. The van der Waals surface area contributed by atoms with Gasteiger partial charge in [-0.15, -0.1) is 0 Å². The third-order valence-corrected chi connectivity index (χ3v) is 11.2. The van der Waals surface area contributed by atoms with E-state index in [-0.39, 0.29) is 71.4 Å². The molecule has 0 aromatic rings. The molecular weight excluding hydrogens is 464 g/mol. The van der Waals surface area contributed by atoms with Gasteiger partial charge in [0.15, 0.2) is 0 Å². The summed E-state index contributed by atoms with van der Waals surface area (Å²) in [4.78, 5) is 38.1. The normalized spacial score (nSPS) is 57.3. The Morgan fingerprint density at radius 1 is 1.06 bits per heavy atom. The minimum Gasteiger partial charge on any atom is -0.462 e. The first-order valence-corrected chi connectivity index (χ1v) is 13.6. The Balaban J connectivity index is 1.39. The van der Waals surface area contributed by atoms with Crippen LogP contribution in [0.15, 0.2) is 11.6 Å². The molecule has 0 amide bonds. The number of ether oxygens (including phenoxy) is 5. The highest BCUT2D eigenvalue weighted by molar-refractivity contribution is 5.87. The summed E-state index contributed by atoms with van der Waals surface area (Å²) in [5.74, 6) is -2.09. The van der Waals surface area contributed by atoms with E-state index in [1.165, 1.54) is 19.4 Å². The lowest BCUT2D eigenvalue weighted by Crippen LogP contribution is -2.64. The van der Waals surface area contributed by atoms with Crippen molar-refractivity contribution in [1.82, 2.24) is 0 Å². The average molecular weight is 501 g/mol. The lowest BCUT2D eigenvalue weighted by Gasteiger charge is -2.50. The van der Waals surface area contributed by atoms with Crippen molar-refractivity contribution in [3.63, 3.8) is 0 Å². The van der Waals surface area contributed by atoms with Gasteiger partial charge in [0.2, 0.25) is 11.4 Å². The minimum atomic E-state index is -1.12. The lowest BCUT2D eigenvalue weighted by molar-refractivity contribution is -0.232. The highest BCUT2D eigenvalue weighted by atomic mass is 16.8. The summed E-state index contributed by atoms with van der Waals surface area (Å²) >= 11 is 0. The first-order chi connectivity index (χ1) is 16.9. The van der Waals surface area contributed by atoms with Gasteiger partial charge in [-0.3, -0.25) is 9.59 Å². The molecule has 7 aliphatic rings. The molecule has 8 nitrogen and oxygen atoms in total. The van der Waals surface area contributed by atoms with E-state index in [9.17, 15) is 14.4 Å². The van der Waals surface area contributed by atoms with Crippen LogP contribution in [0.4, 0.5) is 0 Å². The molecule has 4 aliphatic heterocycles. The van der Waals surface area contributed by atoms with Gasteiger partial charge in [-0.1, -0.05) is 25.5 Å². The van der Waals surface area contributed by atoms with Crippen molar-refractivity contribution in [3.05, 3.63) is 11.6 Å². The van der Waals surface area contributed by atoms with Crippen LogP contribution >= 0.6 is 0 Å². The standard InChI is InChI=1S/C28H36O8/c1-11-9-17-21(24(33-15(5)30)12(2)23(17)32-14(4)29)20-16(11)10-18-22(20)27-25(31)34-19-7-8-26(18,6)35-28(27,36-27)13(19)3/h9,12-13,16-24H,7-8,10H2,1-6H3/t12-,13+,16-,17+,18+,19-,20-,21-,22+,23-,24+,26+,27+,28-/m1/s1. The number of carbonyl (C=O) groups excluding carboxylic acids is 3. The Hall–Kier alpha value is -1.93. The molecule has 0 radical (unpaired) electrons. The van der Waals surface area contributed by atoms with E-state index in [0.29, 0.717) is 0 Å². The fourth-order valence-corrected chi connectivity index (χ4v) is 9.89. The van der Waals surface area contributed by atoms with Gasteiger partial charge >= 0.3 is 17.9 Å². The molecule has 0 unspecified atom stereocenters. The van der Waals surface area contributed by atoms with Gasteiger partial charge in [-0.2, -0.15) is 0 Å². The van der Waals surface area contributed by atoms with Gasteiger partial charge in [0.25, 0.3) is 0 Å². The molecule has 3 bridgehead atoms. The molecule has 0 aromatic heterocycles. The summed E-state index contributed by atoms with van der Waals surface area (Å²) in [5.41, 5.74) is -0.297. The maximum Gasteiger partial charge on any atom is 0.344 e. The van der Waals surface area contributed by atoms with Crippen molar-refractivity contribution in [2.45, 2.75) is 96.1 Å². The van der Waals surface area contributed by atoms with E-state index in [1.807, 2.05) is 6.92 Å². The van der Waals surface area contributed by atoms with Gasteiger partial charge in [0, 0.05) is 37.5 Å². The number of fused-ring (bicyclic) bond motifs is 8. The maximum atomic E-state index is 13.8. The zero-order chi connectivity index (χ0) is 25.5. The second-order valence-corrected chi connectivity index (χ2v) is 12.8. The lowest BCUT2D eigenvalue weighted by atomic mass is 9.59. The molecule has 36 heavy (non-hydrogen) atoms. The second kappa shape index (κ2) is 6.93. The van der Waals surface area contributed by atoms with Crippen molar-refractivity contribution in [2.75, 3.05) is 0 Å². The molecule has 0 aromatic carbocycles. The summed E-state index contributed by atoms with van der Waals surface area (Å²) in [5, 5.41) is 0. The summed E-state index contributed by atoms with van der Waals surface area (Å²) < 4.78 is 31.3. The van der Waals surface area contributed by atoms with Crippen molar-refractivity contribution in [2.24, 2.45) is 47.3 Å². The van der Waals surface area contributed by atoms with Crippen molar-refractivity contribution < 1.29 is 38.1 Å². The van der Waals surface area contributed by atoms with Crippen molar-refractivity contribution >= 4 is 17.9 Å². The minimum absolute atomic E-state index is 0.0249. The zero-order valence-corrected chi connectivity index (χ0v) is 21.8. The first kappa shape index (κ1) is 23.2. The summed E-state index contributed by atoms with van der Waals surface area (Å²) in [6.45, 7) is 11.3. The van der Waals surface area contributed by atoms with Crippen LogP contribution in [0, 0.1) is 47.3 Å². The largest absolute Gasteiger partial charge is 0.462 e. The number of carbonyl (C=O) groups is 3. The van der Waals surface area contributed by atoms with Gasteiger partial charge < -0.3 is 23.7 Å². The number of rotatable bonds is 2. The molecule has 14 atom stereocenters. The van der Waals surface area contributed by atoms with E-state index >= 15 is 0 Å². The number of allylic oxidation sites excluding steroid dienone is 1. The van der Waals surface area contributed by atoms with E-state index in [0.717, 1.165) is 19.3 Å². The average Bonchev–Trinajstić information content (AvgIpc) is 3.22. The molecule has 0 N–H and O–H groups in total. The third kappa shape index (κ3) is 2.51. The van der Waals surface area contributed by atoms with Crippen LogP contribution in [0.25, 0.3) is 0 Å². The molecule has 1 spiro atoms. The predicted molar refractivity (Wildman–Crippen MR) is 124 cm³/mol. The van der Waals surface area contributed by atoms with Gasteiger partial charge in [0.1, 0.15) is 18.3 Å². The quantitative estimate of drug-likeness (QED) is 0.247. The molecule has 7 rings (SSSR count). The SMILES string of the molecule is CC(=O)O[C@@H]1[C@@H](C)[C@H](OC(C)=O)[C@@H]2[C@@H]1C=C(C)[C@H]1C[C@H]3[C@@H]([C@@H]21)[C@@]12O[C@@]14O[C@@]3(C)CC[C@@H](OC2=O)[C@@H]4C. The smallest absolute Gasteiger partial charge is 0.344 e. The molecular formula is C28H36O8. The van der Waals surface area contributed by atoms with Crippen molar-refractivity contribution in [3.8, 4) is 0 Å². The molecule has 4 heterocycles. The highest BCUT2D eigenvalue weighted by Gasteiger charge is 2.92. The van der Waals surface area contributed by atoms with E-state index in [1.54, 1.807) is 0 Å². The summed E-state index contributed by atoms with van der Waals surface area (Å²) in [6, 6.07) is 0. The van der Waals surface area contributed by atoms with E-state index in [2.05, 4.69) is 26.8 Å². The number of esters is 3. The maximum absolute atomic E-state index is 13.8. The number of epoxide rings is 1. The van der Waals surface area contributed by atoms with Crippen LogP contribution in [-0.2, 0) is 38.1 Å². The van der Waals surface area contributed by atoms with Crippen LogP contribution in [0.5, 0.6) is 0 Å². The zero-order valence-electron chi connectivity index (χ0n) is 21.8. The van der Waals surface area contributed by atoms with Crippen LogP contribution in [-0.4, -0.2) is 53.2 Å². The molecule has 8 heteroatoms. The van der Waals surface area contributed by atoms with Crippen LogP contribution in [0.1, 0.15) is 60.8 Å². The molecule has 6 fully saturated rings. The Morgan fingerprint density at radius 3 is 2.44 bits per heavy atom. The third-order valence-electron chi connectivity index (χ3n) is 11.2. The molecule has 196 valence electrons. The Kier molecular flexibility index (Phi) is 4.47. The van der Waals surface area contributed by atoms with Crippen LogP contribution in [0.2, 0.25) is 0 Å². The first-order valence-electron chi connectivity index (χ1n) is 13.6. The number of hydrogen-bond donors (Lipinski definition) is 0. The Bertz CT molecular complexity index is 1100. The van der Waals surface area contributed by atoms with Gasteiger partial charge in [-0.25, -0.2) is 4.79 Å². The Labute approximate surface area is 211 Å². The van der Waals surface area contributed by atoms with E-state index < -0.39 is 29.2 Å².